The van der Waals surface area contributed by atoms with Crippen LogP contribution >= 0.6 is 11.3 Å². The molecule has 0 amide bonds. The van der Waals surface area contributed by atoms with Crippen LogP contribution in [0, 0.1) is 6.92 Å². The van der Waals surface area contributed by atoms with Gasteiger partial charge >= 0.3 is 0 Å². The lowest BCUT2D eigenvalue weighted by molar-refractivity contribution is 0.0612. The first-order chi connectivity index (χ1) is 8.72. The van der Waals surface area contributed by atoms with Crippen LogP contribution in [-0.4, -0.2) is 53.7 Å². The Bertz CT molecular complexity index is 354. The SMILES string of the molecule is CCC(CO)N1CCN(Cc2ccc(C)s2)CC1. The van der Waals surface area contributed by atoms with Gasteiger partial charge in [0.25, 0.3) is 0 Å². The molecule has 1 aliphatic rings. The van der Waals surface area contributed by atoms with Gasteiger partial charge in [0.1, 0.15) is 0 Å². The van der Waals surface area contributed by atoms with Crippen molar-refractivity contribution in [3.63, 3.8) is 0 Å². The van der Waals surface area contributed by atoms with Gasteiger partial charge in [0, 0.05) is 48.5 Å². The van der Waals surface area contributed by atoms with Crippen LogP contribution in [-0.2, 0) is 6.54 Å². The smallest absolute Gasteiger partial charge is 0.0586 e. The van der Waals surface area contributed by atoms with Gasteiger partial charge in [-0.15, -0.1) is 11.3 Å². The van der Waals surface area contributed by atoms with Crippen molar-refractivity contribution in [3.05, 3.63) is 21.9 Å². The van der Waals surface area contributed by atoms with E-state index in [9.17, 15) is 5.11 Å². The van der Waals surface area contributed by atoms with Crippen molar-refractivity contribution in [1.82, 2.24) is 9.80 Å². The number of nitrogens with zero attached hydrogens (tertiary/aromatic N) is 2. The second-order valence-corrected chi connectivity index (χ2v) is 6.44. The van der Waals surface area contributed by atoms with Crippen LogP contribution in [0.4, 0.5) is 0 Å². The molecule has 1 saturated heterocycles. The van der Waals surface area contributed by atoms with Gasteiger partial charge in [-0.1, -0.05) is 6.92 Å². The molecule has 4 heteroatoms. The number of aliphatic hydroxyl groups is 1. The van der Waals surface area contributed by atoms with E-state index in [0.717, 1.165) is 39.1 Å². The van der Waals surface area contributed by atoms with Crippen molar-refractivity contribution < 1.29 is 5.11 Å². The number of hydrogen-bond acceptors (Lipinski definition) is 4. The van der Waals surface area contributed by atoms with E-state index < -0.39 is 0 Å². The zero-order valence-corrected chi connectivity index (χ0v) is 12.2. The van der Waals surface area contributed by atoms with Gasteiger partial charge < -0.3 is 5.11 Å². The van der Waals surface area contributed by atoms with Crippen molar-refractivity contribution in [2.75, 3.05) is 32.8 Å². The Morgan fingerprint density at radius 1 is 1.28 bits per heavy atom. The van der Waals surface area contributed by atoms with Gasteiger partial charge in [0.15, 0.2) is 0 Å². The molecule has 3 nitrogen and oxygen atoms in total. The highest BCUT2D eigenvalue weighted by molar-refractivity contribution is 7.11. The molecule has 2 heterocycles. The molecule has 1 aromatic rings. The summed E-state index contributed by atoms with van der Waals surface area (Å²) in [5.74, 6) is 0. The summed E-state index contributed by atoms with van der Waals surface area (Å²) in [6.45, 7) is 10.1. The first-order valence-electron chi connectivity index (χ1n) is 6.85. The first kappa shape index (κ1) is 14.0. The monoisotopic (exact) mass is 268 g/mol. The highest BCUT2D eigenvalue weighted by Gasteiger charge is 2.22. The lowest BCUT2D eigenvalue weighted by atomic mass is 10.1. The molecule has 102 valence electrons. The normalized spacial score (nSPS) is 20.2. The van der Waals surface area contributed by atoms with E-state index in [-0.39, 0.29) is 0 Å². The predicted octanol–water partition coefficient (Wildman–Crippen LogP) is 1.95. The second-order valence-electron chi connectivity index (χ2n) is 5.07. The Balaban J connectivity index is 1.79. The number of aryl methyl sites for hydroxylation is 1. The van der Waals surface area contributed by atoms with Gasteiger partial charge in [0.05, 0.1) is 6.61 Å². The van der Waals surface area contributed by atoms with Crippen LogP contribution in [0.1, 0.15) is 23.1 Å². The minimum atomic E-state index is 0.292. The number of rotatable bonds is 5. The van der Waals surface area contributed by atoms with Crippen LogP contribution in [0.15, 0.2) is 12.1 Å². The number of piperazine rings is 1. The summed E-state index contributed by atoms with van der Waals surface area (Å²) in [5.41, 5.74) is 0. The molecular formula is C14H24N2OS. The maximum Gasteiger partial charge on any atom is 0.0586 e. The summed E-state index contributed by atoms with van der Waals surface area (Å²) < 4.78 is 0. The molecule has 18 heavy (non-hydrogen) atoms. The van der Waals surface area contributed by atoms with Gasteiger partial charge in [-0.25, -0.2) is 0 Å². The molecule has 1 atom stereocenters. The van der Waals surface area contributed by atoms with Crippen LogP contribution in [0.2, 0.25) is 0 Å². The molecule has 1 N–H and O–H groups in total. The van der Waals surface area contributed by atoms with Crippen molar-refractivity contribution in [3.8, 4) is 0 Å². The third kappa shape index (κ3) is 3.54. The van der Waals surface area contributed by atoms with E-state index in [1.165, 1.54) is 9.75 Å². The lowest BCUT2D eigenvalue weighted by Gasteiger charge is -2.38. The summed E-state index contributed by atoms with van der Waals surface area (Å²) >= 11 is 1.90. The Morgan fingerprint density at radius 2 is 2.00 bits per heavy atom. The Kier molecular flexibility index (Phi) is 5.18. The average Bonchev–Trinajstić information content (AvgIpc) is 2.78. The molecule has 0 aliphatic carbocycles. The summed E-state index contributed by atoms with van der Waals surface area (Å²) in [5, 5.41) is 9.33. The van der Waals surface area contributed by atoms with E-state index in [2.05, 4.69) is 35.8 Å². The van der Waals surface area contributed by atoms with Crippen LogP contribution in [0.5, 0.6) is 0 Å². The van der Waals surface area contributed by atoms with Crippen LogP contribution < -0.4 is 0 Å². The molecule has 1 aromatic heterocycles. The molecule has 0 saturated carbocycles. The van der Waals surface area contributed by atoms with Crippen molar-refractivity contribution in [1.29, 1.82) is 0 Å². The zero-order valence-electron chi connectivity index (χ0n) is 11.4. The standard InChI is InChI=1S/C14H24N2OS/c1-3-13(11-17)16-8-6-15(7-9-16)10-14-5-4-12(2)18-14/h4-5,13,17H,3,6-11H2,1-2H3. The van der Waals surface area contributed by atoms with Crippen molar-refractivity contribution in [2.45, 2.75) is 32.9 Å². The molecule has 0 radical (unpaired) electrons. The molecule has 0 spiro atoms. The molecule has 1 aliphatic heterocycles. The van der Waals surface area contributed by atoms with Crippen molar-refractivity contribution in [2.24, 2.45) is 0 Å². The first-order valence-corrected chi connectivity index (χ1v) is 7.67. The third-order valence-electron chi connectivity index (χ3n) is 3.78. The highest BCUT2D eigenvalue weighted by Crippen LogP contribution is 2.18. The Labute approximate surface area is 114 Å². The summed E-state index contributed by atoms with van der Waals surface area (Å²) in [7, 11) is 0. The van der Waals surface area contributed by atoms with E-state index in [1.807, 2.05) is 11.3 Å². The molecule has 0 bridgehead atoms. The number of thiophene rings is 1. The van der Waals surface area contributed by atoms with Crippen LogP contribution in [0.25, 0.3) is 0 Å². The highest BCUT2D eigenvalue weighted by atomic mass is 32.1. The Hall–Kier alpha value is -0.420. The fourth-order valence-corrected chi connectivity index (χ4v) is 3.51. The topological polar surface area (TPSA) is 26.7 Å². The third-order valence-corrected chi connectivity index (χ3v) is 4.77. The molecule has 0 aromatic carbocycles. The van der Waals surface area contributed by atoms with Gasteiger partial charge in [-0.3, -0.25) is 9.80 Å². The van der Waals surface area contributed by atoms with Crippen molar-refractivity contribution >= 4 is 11.3 Å². The Morgan fingerprint density at radius 3 is 2.50 bits per heavy atom. The van der Waals surface area contributed by atoms with E-state index in [4.69, 9.17) is 0 Å². The maximum absolute atomic E-state index is 9.33. The fraction of sp³-hybridized carbons (Fsp3) is 0.714. The summed E-state index contributed by atoms with van der Waals surface area (Å²) in [6.07, 6.45) is 1.04. The summed E-state index contributed by atoms with van der Waals surface area (Å²) in [6, 6.07) is 4.81. The lowest BCUT2D eigenvalue weighted by Crippen LogP contribution is -2.50. The largest absolute Gasteiger partial charge is 0.395 e. The van der Waals surface area contributed by atoms with Gasteiger partial charge in [-0.05, 0) is 25.5 Å². The average molecular weight is 268 g/mol. The second kappa shape index (κ2) is 6.66. The quantitative estimate of drug-likeness (QED) is 0.884. The van der Waals surface area contributed by atoms with Gasteiger partial charge in [-0.2, -0.15) is 0 Å². The molecular weight excluding hydrogens is 244 g/mol. The number of hydrogen-bond donors (Lipinski definition) is 1. The fourth-order valence-electron chi connectivity index (χ4n) is 2.58. The zero-order chi connectivity index (χ0) is 13.0. The van der Waals surface area contributed by atoms with Gasteiger partial charge in [0.2, 0.25) is 0 Å². The number of aliphatic hydroxyl groups excluding tert-OH is 1. The van der Waals surface area contributed by atoms with E-state index in [1.54, 1.807) is 0 Å². The van der Waals surface area contributed by atoms with E-state index in [0.29, 0.717) is 12.6 Å². The summed E-state index contributed by atoms with van der Waals surface area (Å²) in [4.78, 5) is 7.81. The molecule has 1 unspecified atom stereocenters. The maximum atomic E-state index is 9.33. The minimum absolute atomic E-state index is 0.292. The van der Waals surface area contributed by atoms with E-state index >= 15 is 0 Å². The predicted molar refractivity (Wildman–Crippen MR) is 77.1 cm³/mol. The minimum Gasteiger partial charge on any atom is -0.395 e. The van der Waals surface area contributed by atoms with Crippen LogP contribution in [0.3, 0.4) is 0 Å². The molecule has 2 rings (SSSR count). The molecule has 1 fully saturated rings.